The van der Waals surface area contributed by atoms with Gasteiger partial charge in [0.2, 0.25) is 0 Å². The minimum Gasteiger partial charge on any atom is -0.489 e. The van der Waals surface area contributed by atoms with Crippen LogP contribution in [-0.4, -0.2) is 16.2 Å². The summed E-state index contributed by atoms with van der Waals surface area (Å²) >= 11 is 0. The maximum absolute atomic E-state index is 11.0. The largest absolute Gasteiger partial charge is 0.489 e. The van der Waals surface area contributed by atoms with E-state index in [1.807, 2.05) is 24.3 Å². The molecule has 2 N–H and O–H groups in total. The van der Waals surface area contributed by atoms with E-state index in [9.17, 15) is 4.79 Å². The highest BCUT2D eigenvalue weighted by Gasteiger charge is 2.10. The Morgan fingerprint density at radius 1 is 1.10 bits per heavy atom. The molecular formula is C16H16O4. The molecule has 0 aromatic heterocycles. The third-order valence-corrected chi connectivity index (χ3v) is 3.11. The Morgan fingerprint density at radius 2 is 1.75 bits per heavy atom. The van der Waals surface area contributed by atoms with Gasteiger partial charge in [-0.25, -0.2) is 4.79 Å². The van der Waals surface area contributed by atoms with Crippen LogP contribution in [0.25, 0.3) is 0 Å². The number of aliphatic hydroxyl groups is 1. The zero-order valence-corrected chi connectivity index (χ0v) is 11.2. The molecule has 0 saturated heterocycles. The molecule has 0 saturated carbocycles. The van der Waals surface area contributed by atoms with Gasteiger partial charge in [-0.2, -0.15) is 0 Å². The number of aromatic carboxylic acids is 1. The first-order valence-corrected chi connectivity index (χ1v) is 6.26. The van der Waals surface area contributed by atoms with E-state index in [1.54, 1.807) is 25.1 Å². The Labute approximate surface area is 117 Å². The van der Waals surface area contributed by atoms with Gasteiger partial charge in [0, 0.05) is 5.56 Å². The molecule has 0 fully saturated rings. The molecule has 0 heterocycles. The standard InChI is InChI=1S/C16H16O4/c1-11-14(16(18)19)3-2-4-15(11)20-10-13-7-5-12(9-17)6-8-13/h2-8,17H,9-10H2,1H3,(H,18,19). The number of benzene rings is 2. The molecule has 0 bridgehead atoms. The van der Waals surface area contributed by atoms with Crippen LogP contribution < -0.4 is 4.74 Å². The Hall–Kier alpha value is -2.33. The third kappa shape index (κ3) is 3.16. The quantitative estimate of drug-likeness (QED) is 0.878. The molecule has 4 heteroatoms. The van der Waals surface area contributed by atoms with Crippen molar-refractivity contribution in [2.24, 2.45) is 0 Å². The van der Waals surface area contributed by atoms with Crippen LogP contribution >= 0.6 is 0 Å². The Balaban J connectivity index is 2.10. The molecule has 4 nitrogen and oxygen atoms in total. The molecule has 0 aliphatic heterocycles. The van der Waals surface area contributed by atoms with Crippen molar-refractivity contribution in [3.8, 4) is 5.75 Å². The van der Waals surface area contributed by atoms with Gasteiger partial charge >= 0.3 is 5.97 Å². The molecule has 2 rings (SSSR count). The van der Waals surface area contributed by atoms with E-state index >= 15 is 0 Å². The van der Waals surface area contributed by atoms with Crippen LogP contribution in [0.4, 0.5) is 0 Å². The van der Waals surface area contributed by atoms with Gasteiger partial charge < -0.3 is 14.9 Å². The number of carboxylic acids is 1. The van der Waals surface area contributed by atoms with E-state index in [1.165, 1.54) is 0 Å². The normalized spacial score (nSPS) is 10.3. The van der Waals surface area contributed by atoms with Crippen LogP contribution in [0.5, 0.6) is 5.75 Å². The fourth-order valence-electron chi connectivity index (χ4n) is 1.90. The molecular weight excluding hydrogens is 256 g/mol. The zero-order valence-electron chi connectivity index (χ0n) is 11.2. The highest BCUT2D eigenvalue weighted by atomic mass is 16.5. The summed E-state index contributed by atoms with van der Waals surface area (Å²) in [6, 6.07) is 12.4. The van der Waals surface area contributed by atoms with Crippen LogP contribution in [0.3, 0.4) is 0 Å². The lowest BCUT2D eigenvalue weighted by molar-refractivity contribution is 0.0695. The second kappa shape index (κ2) is 6.21. The lowest BCUT2D eigenvalue weighted by atomic mass is 10.1. The van der Waals surface area contributed by atoms with Crippen LogP contribution in [0.15, 0.2) is 42.5 Å². The number of hydrogen-bond acceptors (Lipinski definition) is 3. The molecule has 2 aromatic rings. The van der Waals surface area contributed by atoms with Gasteiger partial charge in [0.15, 0.2) is 0 Å². The number of carbonyl (C=O) groups is 1. The third-order valence-electron chi connectivity index (χ3n) is 3.11. The van der Waals surface area contributed by atoms with Gasteiger partial charge in [-0.3, -0.25) is 0 Å². The maximum atomic E-state index is 11.0. The van der Waals surface area contributed by atoms with Crippen molar-refractivity contribution in [2.45, 2.75) is 20.1 Å². The van der Waals surface area contributed by atoms with Crippen molar-refractivity contribution in [1.82, 2.24) is 0 Å². The summed E-state index contributed by atoms with van der Waals surface area (Å²) in [6.07, 6.45) is 0. The number of carboxylic acid groups (broad SMARTS) is 1. The molecule has 0 amide bonds. The SMILES string of the molecule is Cc1c(OCc2ccc(CO)cc2)cccc1C(=O)O. The van der Waals surface area contributed by atoms with Gasteiger partial charge in [-0.1, -0.05) is 30.3 Å². The summed E-state index contributed by atoms with van der Waals surface area (Å²) in [5.74, 6) is -0.392. The van der Waals surface area contributed by atoms with Gasteiger partial charge in [-0.05, 0) is 30.2 Å². The van der Waals surface area contributed by atoms with Crippen molar-refractivity contribution in [1.29, 1.82) is 0 Å². The highest BCUT2D eigenvalue weighted by Crippen LogP contribution is 2.22. The molecule has 0 radical (unpaired) electrons. The first kappa shape index (κ1) is 14.1. The van der Waals surface area contributed by atoms with E-state index in [0.29, 0.717) is 17.9 Å². The molecule has 0 unspecified atom stereocenters. The van der Waals surface area contributed by atoms with Crippen LogP contribution in [0.1, 0.15) is 27.0 Å². The van der Waals surface area contributed by atoms with Gasteiger partial charge in [0.1, 0.15) is 12.4 Å². The number of rotatable bonds is 5. The Kier molecular flexibility index (Phi) is 4.38. The van der Waals surface area contributed by atoms with Crippen LogP contribution in [0, 0.1) is 6.92 Å². The molecule has 0 aliphatic carbocycles. The molecule has 0 aliphatic rings. The van der Waals surface area contributed by atoms with Crippen molar-refractivity contribution < 1.29 is 19.7 Å². The topological polar surface area (TPSA) is 66.8 Å². The molecule has 104 valence electrons. The van der Waals surface area contributed by atoms with Crippen LogP contribution in [0.2, 0.25) is 0 Å². The second-order valence-corrected chi connectivity index (χ2v) is 4.50. The number of aliphatic hydroxyl groups excluding tert-OH is 1. The lowest BCUT2D eigenvalue weighted by Crippen LogP contribution is -2.03. The highest BCUT2D eigenvalue weighted by molar-refractivity contribution is 5.90. The summed E-state index contributed by atoms with van der Waals surface area (Å²) in [5.41, 5.74) is 2.67. The van der Waals surface area contributed by atoms with Crippen molar-refractivity contribution in [3.05, 3.63) is 64.7 Å². The smallest absolute Gasteiger partial charge is 0.336 e. The fraction of sp³-hybridized carbons (Fsp3) is 0.188. The molecule has 0 spiro atoms. The fourth-order valence-corrected chi connectivity index (χ4v) is 1.90. The van der Waals surface area contributed by atoms with E-state index in [4.69, 9.17) is 14.9 Å². The Morgan fingerprint density at radius 3 is 2.35 bits per heavy atom. The predicted molar refractivity (Wildman–Crippen MR) is 74.8 cm³/mol. The van der Waals surface area contributed by atoms with Gasteiger partial charge in [-0.15, -0.1) is 0 Å². The monoisotopic (exact) mass is 272 g/mol. The first-order chi connectivity index (χ1) is 9.61. The Bertz CT molecular complexity index is 602. The number of ether oxygens (including phenoxy) is 1. The minimum absolute atomic E-state index is 0.0148. The van der Waals surface area contributed by atoms with Crippen molar-refractivity contribution in [2.75, 3.05) is 0 Å². The van der Waals surface area contributed by atoms with Crippen LogP contribution in [-0.2, 0) is 13.2 Å². The average Bonchev–Trinajstić information content (AvgIpc) is 2.46. The van der Waals surface area contributed by atoms with E-state index in [-0.39, 0.29) is 12.2 Å². The van der Waals surface area contributed by atoms with E-state index < -0.39 is 5.97 Å². The summed E-state index contributed by atoms with van der Waals surface area (Å²) in [5, 5.41) is 18.0. The lowest BCUT2D eigenvalue weighted by Gasteiger charge is -2.11. The average molecular weight is 272 g/mol. The number of hydrogen-bond donors (Lipinski definition) is 2. The van der Waals surface area contributed by atoms with Gasteiger partial charge in [0.05, 0.1) is 12.2 Å². The zero-order chi connectivity index (χ0) is 14.5. The van der Waals surface area contributed by atoms with Crippen molar-refractivity contribution >= 4 is 5.97 Å². The first-order valence-electron chi connectivity index (χ1n) is 6.26. The minimum atomic E-state index is -0.958. The molecule has 20 heavy (non-hydrogen) atoms. The summed E-state index contributed by atoms with van der Waals surface area (Å²) < 4.78 is 5.66. The molecule has 2 aromatic carbocycles. The summed E-state index contributed by atoms with van der Waals surface area (Å²) in [4.78, 5) is 11.0. The predicted octanol–water partition coefficient (Wildman–Crippen LogP) is 2.76. The second-order valence-electron chi connectivity index (χ2n) is 4.50. The van der Waals surface area contributed by atoms with Crippen molar-refractivity contribution in [3.63, 3.8) is 0 Å². The van der Waals surface area contributed by atoms with Gasteiger partial charge in [0.25, 0.3) is 0 Å². The van der Waals surface area contributed by atoms with E-state index in [0.717, 1.165) is 11.1 Å². The summed E-state index contributed by atoms with van der Waals surface area (Å²) in [6.45, 7) is 2.10. The molecule has 0 atom stereocenters. The van der Waals surface area contributed by atoms with E-state index in [2.05, 4.69) is 0 Å². The maximum Gasteiger partial charge on any atom is 0.336 e. The summed E-state index contributed by atoms with van der Waals surface area (Å²) in [7, 11) is 0.